The van der Waals surface area contributed by atoms with Crippen LogP contribution in [0.15, 0.2) is 18.2 Å². The zero-order chi connectivity index (χ0) is 17.0. The van der Waals surface area contributed by atoms with Gasteiger partial charge >= 0.3 is 0 Å². The average Bonchev–Trinajstić information content (AvgIpc) is 3.03. The summed E-state index contributed by atoms with van der Waals surface area (Å²) in [6.07, 6.45) is 1.47. The Kier molecular flexibility index (Phi) is 5.28. The Morgan fingerprint density at radius 3 is 2.87 bits per heavy atom. The van der Waals surface area contributed by atoms with Gasteiger partial charge in [-0.3, -0.25) is 14.6 Å². The van der Waals surface area contributed by atoms with Crippen LogP contribution < -0.4 is 26.6 Å². The summed E-state index contributed by atoms with van der Waals surface area (Å²) < 4.78 is 5.15. The minimum atomic E-state index is -0.427. The molecule has 1 aromatic rings. The van der Waals surface area contributed by atoms with Crippen molar-refractivity contribution in [1.82, 2.24) is 10.2 Å². The first-order valence-corrected chi connectivity index (χ1v) is 7.45. The molecule has 8 heteroatoms. The van der Waals surface area contributed by atoms with Crippen molar-refractivity contribution in [3.63, 3.8) is 0 Å². The maximum Gasteiger partial charge on any atom is 0.244 e. The maximum absolute atomic E-state index is 12.5. The van der Waals surface area contributed by atoms with Crippen LogP contribution in [-0.4, -0.2) is 50.0 Å². The highest BCUT2D eigenvalue weighted by atomic mass is 16.5. The van der Waals surface area contributed by atoms with Gasteiger partial charge in [-0.1, -0.05) is 6.07 Å². The SMILES string of the molecule is CNC(=O)C1CCCN1C(=O)CN(N)c1cccc(OC)c1N. The second-order valence-electron chi connectivity index (χ2n) is 5.38. The zero-order valence-electron chi connectivity index (χ0n) is 13.4. The van der Waals surface area contributed by atoms with Gasteiger partial charge in [0, 0.05) is 13.6 Å². The van der Waals surface area contributed by atoms with E-state index in [0.717, 1.165) is 6.42 Å². The van der Waals surface area contributed by atoms with Crippen molar-refractivity contribution in [2.45, 2.75) is 18.9 Å². The molecule has 0 bridgehead atoms. The van der Waals surface area contributed by atoms with Gasteiger partial charge in [0.25, 0.3) is 0 Å². The summed E-state index contributed by atoms with van der Waals surface area (Å²) in [5, 5.41) is 3.86. The molecule has 1 aromatic carbocycles. The van der Waals surface area contributed by atoms with Crippen molar-refractivity contribution in [1.29, 1.82) is 0 Å². The van der Waals surface area contributed by atoms with Gasteiger partial charge in [0.15, 0.2) is 0 Å². The molecule has 2 rings (SSSR count). The Morgan fingerprint density at radius 2 is 2.22 bits per heavy atom. The highest BCUT2D eigenvalue weighted by Gasteiger charge is 2.33. The number of carbonyl (C=O) groups excluding carboxylic acids is 2. The van der Waals surface area contributed by atoms with Crippen molar-refractivity contribution < 1.29 is 14.3 Å². The van der Waals surface area contributed by atoms with Gasteiger partial charge in [0.2, 0.25) is 11.8 Å². The molecule has 0 aromatic heterocycles. The number of hydrogen-bond donors (Lipinski definition) is 3. The number of likely N-dealkylation sites (N-methyl/N-ethyl adjacent to an activating group) is 1. The summed E-state index contributed by atoms with van der Waals surface area (Å²) in [7, 11) is 3.08. The fourth-order valence-electron chi connectivity index (χ4n) is 2.79. The maximum atomic E-state index is 12.5. The minimum Gasteiger partial charge on any atom is -0.495 e. The Hall–Kier alpha value is -2.48. The number of amides is 2. The Bertz CT molecular complexity index is 592. The van der Waals surface area contributed by atoms with Gasteiger partial charge < -0.3 is 20.7 Å². The van der Waals surface area contributed by atoms with Gasteiger partial charge in [0.05, 0.1) is 18.5 Å². The topological polar surface area (TPSA) is 114 Å². The smallest absolute Gasteiger partial charge is 0.244 e. The first-order chi connectivity index (χ1) is 11.0. The standard InChI is InChI=1S/C15H23N5O3/c1-18-15(22)11-6-4-8-19(11)13(21)9-20(17)10-5-3-7-12(23-2)14(10)16/h3,5,7,11H,4,6,8-9,16-17H2,1-2H3,(H,18,22). The monoisotopic (exact) mass is 321 g/mol. The largest absolute Gasteiger partial charge is 0.495 e. The third-order valence-corrected chi connectivity index (χ3v) is 4.00. The van der Waals surface area contributed by atoms with E-state index in [1.807, 2.05) is 0 Å². The second-order valence-corrected chi connectivity index (χ2v) is 5.38. The second kappa shape index (κ2) is 7.19. The van der Waals surface area contributed by atoms with Gasteiger partial charge in [-0.05, 0) is 25.0 Å². The summed E-state index contributed by atoms with van der Waals surface area (Å²) in [6.45, 7) is 0.489. The predicted octanol–water partition coefficient (Wildman–Crippen LogP) is -0.305. The third kappa shape index (κ3) is 3.48. The van der Waals surface area contributed by atoms with Crippen LogP contribution in [0.1, 0.15) is 12.8 Å². The number of nitrogen functional groups attached to an aromatic ring is 1. The van der Waals surface area contributed by atoms with Crippen LogP contribution >= 0.6 is 0 Å². The number of methoxy groups -OCH3 is 1. The number of ether oxygens (including phenoxy) is 1. The van der Waals surface area contributed by atoms with Crippen molar-refractivity contribution in [2.75, 3.05) is 38.0 Å². The minimum absolute atomic E-state index is 0.0646. The zero-order valence-corrected chi connectivity index (χ0v) is 13.4. The van der Waals surface area contributed by atoms with Gasteiger partial charge in [-0.2, -0.15) is 0 Å². The number of likely N-dealkylation sites (tertiary alicyclic amines) is 1. The summed E-state index contributed by atoms with van der Waals surface area (Å²) >= 11 is 0. The third-order valence-electron chi connectivity index (χ3n) is 4.00. The Labute approximate surface area is 135 Å². The average molecular weight is 321 g/mol. The number of hydrazine groups is 1. The summed E-state index contributed by atoms with van der Waals surface area (Å²) in [5.41, 5.74) is 6.86. The number of carbonyl (C=O) groups is 2. The highest BCUT2D eigenvalue weighted by molar-refractivity contribution is 5.90. The van der Waals surface area contributed by atoms with E-state index in [4.69, 9.17) is 16.3 Å². The lowest BCUT2D eigenvalue weighted by Gasteiger charge is -2.27. The number of benzene rings is 1. The van der Waals surface area contributed by atoms with E-state index in [9.17, 15) is 9.59 Å². The lowest BCUT2D eigenvalue weighted by Crippen LogP contribution is -2.49. The molecule has 5 N–H and O–H groups in total. The number of rotatable bonds is 5. The molecule has 1 heterocycles. The van der Waals surface area contributed by atoms with E-state index in [0.29, 0.717) is 30.1 Å². The molecule has 23 heavy (non-hydrogen) atoms. The van der Waals surface area contributed by atoms with E-state index in [1.165, 1.54) is 12.1 Å². The van der Waals surface area contributed by atoms with Crippen LogP contribution in [0.2, 0.25) is 0 Å². The highest BCUT2D eigenvalue weighted by Crippen LogP contribution is 2.30. The first-order valence-electron chi connectivity index (χ1n) is 7.45. The molecule has 1 saturated heterocycles. The Balaban J connectivity index is 2.09. The van der Waals surface area contributed by atoms with E-state index in [1.54, 1.807) is 30.1 Å². The van der Waals surface area contributed by atoms with E-state index in [-0.39, 0.29) is 18.4 Å². The van der Waals surface area contributed by atoms with Crippen LogP contribution in [0.3, 0.4) is 0 Å². The normalized spacial score (nSPS) is 17.0. The Morgan fingerprint density at radius 1 is 1.48 bits per heavy atom. The molecule has 1 unspecified atom stereocenters. The molecule has 126 valence electrons. The molecule has 1 fully saturated rings. The van der Waals surface area contributed by atoms with Gasteiger partial charge in [0.1, 0.15) is 18.3 Å². The number of nitrogens with zero attached hydrogens (tertiary/aromatic N) is 2. The van der Waals surface area contributed by atoms with E-state index in [2.05, 4.69) is 5.32 Å². The van der Waals surface area contributed by atoms with Crippen LogP contribution in [-0.2, 0) is 9.59 Å². The molecule has 1 atom stereocenters. The van der Waals surface area contributed by atoms with E-state index < -0.39 is 6.04 Å². The van der Waals surface area contributed by atoms with Crippen LogP contribution in [0, 0.1) is 0 Å². The molecule has 8 nitrogen and oxygen atoms in total. The summed E-state index contributed by atoms with van der Waals surface area (Å²) in [6, 6.07) is 4.75. The molecule has 2 amide bonds. The van der Waals surface area contributed by atoms with Crippen LogP contribution in [0.25, 0.3) is 0 Å². The van der Waals surface area contributed by atoms with Gasteiger partial charge in [-0.25, -0.2) is 5.84 Å². The number of nitrogens with one attached hydrogen (secondary N) is 1. The van der Waals surface area contributed by atoms with Crippen molar-refractivity contribution in [3.8, 4) is 5.75 Å². The fourth-order valence-corrected chi connectivity index (χ4v) is 2.79. The molecule has 1 aliphatic heterocycles. The molecule has 0 spiro atoms. The number of hydrogen-bond acceptors (Lipinski definition) is 6. The van der Waals surface area contributed by atoms with Crippen molar-refractivity contribution >= 4 is 23.2 Å². The molecular formula is C15H23N5O3. The predicted molar refractivity (Wildman–Crippen MR) is 87.7 cm³/mol. The molecule has 0 aliphatic carbocycles. The van der Waals surface area contributed by atoms with E-state index >= 15 is 0 Å². The lowest BCUT2D eigenvalue weighted by molar-refractivity contribution is -0.137. The van der Waals surface area contributed by atoms with Crippen LogP contribution in [0.5, 0.6) is 5.75 Å². The molecule has 0 saturated carbocycles. The molecule has 0 radical (unpaired) electrons. The number of para-hydroxylation sites is 1. The summed E-state index contributed by atoms with van der Waals surface area (Å²) in [4.78, 5) is 25.9. The molecular weight excluding hydrogens is 298 g/mol. The van der Waals surface area contributed by atoms with Crippen molar-refractivity contribution in [3.05, 3.63) is 18.2 Å². The number of nitrogens with two attached hydrogens (primary N) is 2. The van der Waals surface area contributed by atoms with Crippen molar-refractivity contribution in [2.24, 2.45) is 5.84 Å². The van der Waals surface area contributed by atoms with Crippen LogP contribution in [0.4, 0.5) is 11.4 Å². The lowest BCUT2D eigenvalue weighted by atomic mass is 10.2. The quantitative estimate of drug-likeness (QED) is 0.389. The summed E-state index contributed by atoms with van der Waals surface area (Å²) in [5.74, 6) is 6.13. The van der Waals surface area contributed by atoms with Gasteiger partial charge in [-0.15, -0.1) is 0 Å². The first kappa shape index (κ1) is 16.9. The number of anilines is 2. The fraction of sp³-hybridized carbons (Fsp3) is 0.467. The molecule has 1 aliphatic rings.